The number of ether oxygens (including phenoxy) is 4. The van der Waals surface area contributed by atoms with Crippen LogP contribution in [0.4, 0.5) is 43.9 Å². The quantitative estimate of drug-likeness (QED) is 0.0938. The number of halogens is 10. The fraction of sp³-hybridized carbons (Fsp3) is 0.739. The average molecular weight is 620 g/mol. The minimum Gasteiger partial charge on any atom is -0.462 e. The zero-order chi connectivity index (χ0) is 31.8. The van der Waals surface area contributed by atoms with Crippen LogP contribution in [0.15, 0.2) is 12.2 Å². The third-order valence-corrected chi connectivity index (χ3v) is 5.47. The van der Waals surface area contributed by atoms with Gasteiger partial charge >= 0.3 is 36.2 Å². The molecule has 1 rings (SSSR count). The van der Waals surface area contributed by atoms with Crippen LogP contribution in [0, 0.1) is 17.8 Å². The van der Waals surface area contributed by atoms with Gasteiger partial charge in [0.25, 0.3) is 11.8 Å². The number of rotatable bonds is 13. The maximum Gasteiger partial charge on any atom is 0.394 e. The number of carbonyl (C=O) groups is 4. The molecule has 1 saturated carbocycles. The van der Waals surface area contributed by atoms with Crippen molar-refractivity contribution in [3.8, 4) is 0 Å². The SMILES string of the molecule is C=C(C)C(=O)OCCOC(=O)C1CCC(C(=O)OCC(F)(F)CC(F)(F)F)C(C(=O)OCC(F)(F)CC(F)(F)F)C1. The van der Waals surface area contributed by atoms with Crippen molar-refractivity contribution < 1.29 is 82.0 Å². The summed E-state index contributed by atoms with van der Waals surface area (Å²) >= 11 is 0. The Bertz CT molecular complexity index is 961. The lowest BCUT2D eigenvalue weighted by Crippen LogP contribution is -2.42. The van der Waals surface area contributed by atoms with Crippen LogP contribution in [-0.2, 0) is 38.1 Å². The molecule has 0 aromatic carbocycles. The minimum atomic E-state index is -5.34. The summed E-state index contributed by atoms with van der Waals surface area (Å²) < 4.78 is 146. The minimum absolute atomic E-state index is 0.0415. The van der Waals surface area contributed by atoms with Crippen molar-refractivity contribution in [2.24, 2.45) is 17.8 Å². The highest BCUT2D eigenvalue weighted by molar-refractivity contribution is 5.87. The number of esters is 4. The maximum atomic E-state index is 13.6. The summed E-state index contributed by atoms with van der Waals surface area (Å²) in [6.45, 7) is -0.371. The fourth-order valence-corrected chi connectivity index (χ4v) is 3.70. The second-order valence-electron chi connectivity index (χ2n) is 9.32. The molecule has 0 amide bonds. The van der Waals surface area contributed by atoms with E-state index in [9.17, 15) is 63.1 Å². The molecule has 41 heavy (non-hydrogen) atoms. The van der Waals surface area contributed by atoms with Crippen molar-refractivity contribution >= 4 is 23.9 Å². The van der Waals surface area contributed by atoms with Crippen molar-refractivity contribution in [3.63, 3.8) is 0 Å². The molecule has 0 saturated heterocycles. The number of hydrogen-bond donors (Lipinski definition) is 0. The van der Waals surface area contributed by atoms with Crippen LogP contribution in [0.3, 0.4) is 0 Å². The molecule has 0 aromatic rings. The normalized spacial score (nSPS) is 20.1. The first kappa shape index (κ1) is 35.9. The summed E-state index contributed by atoms with van der Waals surface area (Å²) in [6.07, 6.45) is -17.5. The molecule has 0 aromatic heterocycles. The van der Waals surface area contributed by atoms with Crippen molar-refractivity contribution in [1.29, 1.82) is 0 Å². The van der Waals surface area contributed by atoms with Gasteiger partial charge in [0.15, 0.2) is 13.2 Å². The molecule has 3 unspecified atom stereocenters. The van der Waals surface area contributed by atoms with Crippen molar-refractivity contribution in [2.45, 2.75) is 63.2 Å². The zero-order valence-electron chi connectivity index (χ0n) is 21.3. The summed E-state index contributed by atoms with van der Waals surface area (Å²) in [5, 5.41) is 0. The van der Waals surface area contributed by atoms with Crippen molar-refractivity contribution in [2.75, 3.05) is 26.4 Å². The smallest absolute Gasteiger partial charge is 0.394 e. The lowest BCUT2D eigenvalue weighted by atomic mass is 9.74. The van der Waals surface area contributed by atoms with Crippen LogP contribution in [0.5, 0.6) is 0 Å². The van der Waals surface area contributed by atoms with Gasteiger partial charge in [-0.2, -0.15) is 26.3 Å². The Morgan fingerprint density at radius 2 is 1.10 bits per heavy atom. The highest BCUT2D eigenvalue weighted by atomic mass is 19.4. The van der Waals surface area contributed by atoms with E-state index in [0.29, 0.717) is 0 Å². The Labute approximate surface area is 226 Å². The Hall–Kier alpha value is -3.08. The first-order valence-electron chi connectivity index (χ1n) is 11.7. The highest BCUT2D eigenvalue weighted by Gasteiger charge is 2.49. The van der Waals surface area contributed by atoms with E-state index in [1.54, 1.807) is 0 Å². The van der Waals surface area contributed by atoms with Crippen LogP contribution in [0.2, 0.25) is 0 Å². The molecule has 3 atom stereocenters. The standard InChI is InChI=1S/C23H26F10O8/c1-12(2)16(34)38-5-6-39-17(35)13-3-4-14(18(36)40-10-20(24,25)8-22(28,29)30)15(7-13)19(37)41-11-21(26,27)9-23(31,32)33/h13-15H,1,3-11H2,2H3. The van der Waals surface area contributed by atoms with E-state index in [1.807, 2.05) is 0 Å². The number of alkyl halides is 10. The molecule has 1 aliphatic rings. The number of hydrogen-bond acceptors (Lipinski definition) is 8. The first-order valence-corrected chi connectivity index (χ1v) is 11.7. The molecule has 1 fully saturated rings. The molecule has 0 aliphatic heterocycles. The predicted octanol–water partition coefficient (Wildman–Crippen LogP) is 4.94. The average Bonchev–Trinajstić information content (AvgIpc) is 2.80. The van der Waals surface area contributed by atoms with Gasteiger partial charge in [-0.3, -0.25) is 14.4 Å². The molecular weight excluding hydrogens is 594 g/mol. The number of carbonyl (C=O) groups excluding carboxylic acids is 4. The van der Waals surface area contributed by atoms with E-state index >= 15 is 0 Å². The summed E-state index contributed by atoms with van der Waals surface area (Å²) in [7, 11) is 0. The zero-order valence-corrected chi connectivity index (χ0v) is 21.3. The maximum absolute atomic E-state index is 13.6. The van der Waals surface area contributed by atoms with E-state index in [-0.39, 0.29) is 12.0 Å². The van der Waals surface area contributed by atoms with Gasteiger partial charge in [-0.15, -0.1) is 0 Å². The van der Waals surface area contributed by atoms with Crippen LogP contribution < -0.4 is 0 Å². The summed E-state index contributed by atoms with van der Waals surface area (Å²) in [5.74, 6) is -19.2. The monoisotopic (exact) mass is 620 g/mol. The van der Waals surface area contributed by atoms with Gasteiger partial charge in [0.1, 0.15) is 26.1 Å². The largest absolute Gasteiger partial charge is 0.462 e. The van der Waals surface area contributed by atoms with Crippen LogP contribution in [0.25, 0.3) is 0 Å². The van der Waals surface area contributed by atoms with Crippen LogP contribution >= 0.6 is 0 Å². The second-order valence-corrected chi connectivity index (χ2v) is 9.32. The van der Waals surface area contributed by atoms with E-state index in [0.717, 1.165) is 0 Å². The van der Waals surface area contributed by atoms with Gasteiger partial charge in [-0.1, -0.05) is 6.58 Å². The van der Waals surface area contributed by atoms with E-state index < -0.39 is 118 Å². The molecule has 0 heterocycles. The topological polar surface area (TPSA) is 105 Å². The molecule has 1 aliphatic carbocycles. The third-order valence-electron chi connectivity index (χ3n) is 5.47. The predicted molar refractivity (Wildman–Crippen MR) is 114 cm³/mol. The van der Waals surface area contributed by atoms with E-state index in [1.165, 1.54) is 6.92 Å². The van der Waals surface area contributed by atoms with E-state index in [2.05, 4.69) is 16.1 Å². The van der Waals surface area contributed by atoms with Gasteiger partial charge < -0.3 is 18.9 Å². The summed E-state index contributed by atoms with van der Waals surface area (Å²) in [6, 6.07) is 0. The van der Waals surface area contributed by atoms with Gasteiger partial charge in [-0.05, 0) is 26.2 Å². The highest BCUT2D eigenvalue weighted by Crippen LogP contribution is 2.38. The Morgan fingerprint density at radius 1 is 0.659 bits per heavy atom. The molecule has 18 heteroatoms. The third kappa shape index (κ3) is 13.9. The Morgan fingerprint density at radius 3 is 1.54 bits per heavy atom. The summed E-state index contributed by atoms with van der Waals surface area (Å²) in [5.41, 5.74) is 0.0415. The molecule has 0 bridgehead atoms. The second kappa shape index (κ2) is 14.2. The Kier molecular flexibility index (Phi) is 12.4. The lowest BCUT2D eigenvalue weighted by molar-refractivity contribution is -0.209. The van der Waals surface area contributed by atoms with Gasteiger partial charge in [0.2, 0.25) is 0 Å². The Balaban J connectivity index is 2.95. The van der Waals surface area contributed by atoms with Gasteiger partial charge in [0.05, 0.1) is 17.8 Å². The molecule has 236 valence electrons. The molecule has 0 radical (unpaired) electrons. The first-order chi connectivity index (χ1) is 18.5. The lowest BCUT2D eigenvalue weighted by Gasteiger charge is -2.33. The van der Waals surface area contributed by atoms with E-state index in [4.69, 9.17) is 9.47 Å². The molecule has 8 nitrogen and oxygen atoms in total. The molecule has 0 N–H and O–H groups in total. The van der Waals surface area contributed by atoms with Gasteiger partial charge in [0, 0.05) is 5.57 Å². The molecule has 0 spiro atoms. The van der Waals surface area contributed by atoms with Crippen molar-refractivity contribution in [1.82, 2.24) is 0 Å². The van der Waals surface area contributed by atoms with Crippen LogP contribution in [0.1, 0.15) is 39.0 Å². The van der Waals surface area contributed by atoms with Crippen LogP contribution in [-0.4, -0.2) is 74.5 Å². The fourth-order valence-electron chi connectivity index (χ4n) is 3.70. The van der Waals surface area contributed by atoms with Crippen molar-refractivity contribution in [3.05, 3.63) is 12.2 Å². The van der Waals surface area contributed by atoms with Gasteiger partial charge in [-0.25, -0.2) is 22.4 Å². The summed E-state index contributed by atoms with van der Waals surface area (Å²) in [4.78, 5) is 48.6. The molecular formula is C23H26F10O8.